The van der Waals surface area contributed by atoms with Crippen molar-refractivity contribution in [3.05, 3.63) is 33.3 Å². The average Bonchev–Trinajstić information content (AvgIpc) is 2.02. The minimum absolute atomic E-state index is 0.249. The van der Waals surface area contributed by atoms with Crippen LogP contribution in [-0.2, 0) is 0 Å². The van der Waals surface area contributed by atoms with E-state index in [1.54, 1.807) is 0 Å². The van der Waals surface area contributed by atoms with Crippen molar-refractivity contribution in [2.75, 3.05) is 0 Å². The molecule has 1 heterocycles. The van der Waals surface area contributed by atoms with Gasteiger partial charge in [-0.15, -0.1) is 0 Å². The number of fused-ring (bicyclic) bond motifs is 2. The van der Waals surface area contributed by atoms with E-state index in [0.29, 0.717) is 0 Å². The first-order valence-electron chi connectivity index (χ1n) is 3.44. The summed E-state index contributed by atoms with van der Waals surface area (Å²) in [7, 11) is 0. The molecular formula is C8H3Cl2NO2. The van der Waals surface area contributed by atoms with E-state index in [-0.39, 0.29) is 21.2 Å². The van der Waals surface area contributed by atoms with Gasteiger partial charge in [-0.1, -0.05) is 23.2 Å². The first-order chi connectivity index (χ1) is 6.09. The number of halogens is 2. The monoisotopic (exact) mass is 215 g/mol. The van der Waals surface area contributed by atoms with Crippen LogP contribution in [0.2, 0.25) is 10.0 Å². The summed E-state index contributed by atoms with van der Waals surface area (Å²) in [6, 6.07) is 2.79. The van der Waals surface area contributed by atoms with Gasteiger partial charge in [-0.2, -0.15) is 0 Å². The Morgan fingerprint density at radius 1 is 0.923 bits per heavy atom. The van der Waals surface area contributed by atoms with Crippen molar-refractivity contribution in [3.63, 3.8) is 0 Å². The highest BCUT2D eigenvalue weighted by atomic mass is 35.5. The third-order valence-electron chi connectivity index (χ3n) is 1.77. The maximum Gasteiger partial charge on any atom is 0.259 e. The van der Waals surface area contributed by atoms with Gasteiger partial charge in [0.2, 0.25) is 0 Å². The van der Waals surface area contributed by atoms with Gasteiger partial charge in [-0.3, -0.25) is 14.9 Å². The van der Waals surface area contributed by atoms with E-state index in [1.165, 1.54) is 12.1 Å². The Morgan fingerprint density at radius 2 is 1.38 bits per heavy atom. The van der Waals surface area contributed by atoms with Gasteiger partial charge in [0.15, 0.2) is 0 Å². The van der Waals surface area contributed by atoms with E-state index in [2.05, 4.69) is 5.32 Å². The van der Waals surface area contributed by atoms with Gasteiger partial charge in [0.05, 0.1) is 21.2 Å². The van der Waals surface area contributed by atoms with Crippen LogP contribution in [0, 0.1) is 0 Å². The van der Waals surface area contributed by atoms with E-state index < -0.39 is 11.8 Å². The third kappa shape index (κ3) is 1.20. The zero-order valence-corrected chi connectivity index (χ0v) is 7.74. The summed E-state index contributed by atoms with van der Waals surface area (Å²) < 4.78 is 0. The van der Waals surface area contributed by atoms with Gasteiger partial charge < -0.3 is 0 Å². The summed E-state index contributed by atoms with van der Waals surface area (Å²) in [6.07, 6.45) is 0. The molecule has 0 aromatic heterocycles. The van der Waals surface area contributed by atoms with Crippen molar-refractivity contribution in [1.82, 2.24) is 5.32 Å². The molecule has 0 spiro atoms. The van der Waals surface area contributed by atoms with Crippen molar-refractivity contribution in [2.24, 2.45) is 0 Å². The lowest BCUT2D eigenvalue weighted by molar-refractivity contribution is 0.0841. The zero-order valence-electron chi connectivity index (χ0n) is 6.23. The fraction of sp³-hybridized carbons (Fsp3) is 0. The van der Waals surface area contributed by atoms with Crippen LogP contribution in [0.1, 0.15) is 20.7 Å². The van der Waals surface area contributed by atoms with Crippen molar-refractivity contribution in [1.29, 1.82) is 0 Å². The molecule has 0 aliphatic carbocycles. The van der Waals surface area contributed by atoms with Gasteiger partial charge in [-0.25, -0.2) is 0 Å². The molecule has 1 N–H and O–H groups in total. The predicted molar refractivity (Wildman–Crippen MR) is 48.3 cm³/mol. The van der Waals surface area contributed by atoms with Crippen LogP contribution in [0.3, 0.4) is 0 Å². The van der Waals surface area contributed by atoms with Crippen molar-refractivity contribution in [2.45, 2.75) is 0 Å². The Balaban J connectivity index is 2.76. The van der Waals surface area contributed by atoms with E-state index >= 15 is 0 Å². The van der Waals surface area contributed by atoms with Gasteiger partial charge in [0.25, 0.3) is 11.8 Å². The number of nitrogens with one attached hydrogen (secondary N) is 1. The molecule has 1 aliphatic heterocycles. The first kappa shape index (κ1) is 8.53. The van der Waals surface area contributed by atoms with Crippen molar-refractivity contribution >= 4 is 35.0 Å². The lowest BCUT2D eigenvalue weighted by Gasteiger charge is -2.14. The Hall–Kier alpha value is -1.06. The third-order valence-corrected chi connectivity index (χ3v) is 2.40. The van der Waals surface area contributed by atoms with E-state index in [9.17, 15) is 9.59 Å². The SMILES string of the molecule is O=C1NC(=O)c2cc1c(Cl)cc2Cl. The van der Waals surface area contributed by atoms with Crippen LogP contribution in [0.4, 0.5) is 0 Å². The van der Waals surface area contributed by atoms with Gasteiger partial charge >= 0.3 is 0 Å². The normalized spacial score (nSPS) is 14.3. The second-order valence-electron chi connectivity index (χ2n) is 2.60. The smallest absolute Gasteiger partial charge is 0.259 e. The van der Waals surface area contributed by atoms with Crippen LogP contribution in [0.5, 0.6) is 0 Å². The Kier molecular flexibility index (Phi) is 1.78. The molecule has 2 rings (SSSR count). The Morgan fingerprint density at radius 3 is 1.85 bits per heavy atom. The fourth-order valence-electron chi connectivity index (χ4n) is 1.13. The topological polar surface area (TPSA) is 46.2 Å². The van der Waals surface area contributed by atoms with Gasteiger partial charge in [0.1, 0.15) is 0 Å². The van der Waals surface area contributed by atoms with Crippen LogP contribution >= 0.6 is 23.2 Å². The standard InChI is InChI=1S/C8H3Cl2NO2/c9-5-2-6(10)4-1-3(5)7(12)11-8(4)13/h1-2H,(H,11,12,13). The van der Waals surface area contributed by atoms with Gasteiger partial charge in [-0.05, 0) is 12.1 Å². The number of rotatable bonds is 0. The molecule has 0 unspecified atom stereocenters. The summed E-state index contributed by atoms with van der Waals surface area (Å²) >= 11 is 11.4. The van der Waals surface area contributed by atoms with Crippen LogP contribution < -0.4 is 5.32 Å². The zero-order chi connectivity index (χ0) is 9.59. The molecule has 0 radical (unpaired) electrons. The number of imide groups is 1. The maximum absolute atomic E-state index is 11.1. The van der Waals surface area contributed by atoms with Crippen molar-refractivity contribution < 1.29 is 9.59 Å². The molecule has 66 valence electrons. The van der Waals surface area contributed by atoms with Crippen LogP contribution in [-0.4, -0.2) is 11.8 Å². The maximum atomic E-state index is 11.1. The molecule has 2 bridgehead atoms. The highest BCUT2D eigenvalue weighted by molar-refractivity contribution is 6.40. The van der Waals surface area contributed by atoms with E-state index in [1.807, 2.05) is 0 Å². The first-order valence-corrected chi connectivity index (χ1v) is 4.20. The minimum atomic E-state index is -0.487. The summed E-state index contributed by atoms with van der Waals surface area (Å²) in [6.45, 7) is 0. The summed E-state index contributed by atoms with van der Waals surface area (Å²) in [5, 5.41) is 2.63. The molecule has 0 fully saturated rings. The number of amides is 2. The minimum Gasteiger partial charge on any atom is -0.288 e. The van der Waals surface area contributed by atoms with E-state index in [0.717, 1.165) is 0 Å². The van der Waals surface area contributed by atoms with Crippen molar-refractivity contribution in [3.8, 4) is 0 Å². The molecule has 0 saturated carbocycles. The second-order valence-corrected chi connectivity index (χ2v) is 3.41. The molecule has 0 saturated heterocycles. The number of carbonyl (C=O) groups excluding carboxylic acids is 2. The molecule has 1 aromatic carbocycles. The fourth-order valence-corrected chi connectivity index (χ4v) is 1.69. The van der Waals surface area contributed by atoms with Gasteiger partial charge in [0, 0.05) is 0 Å². The average molecular weight is 216 g/mol. The highest BCUT2D eigenvalue weighted by Gasteiger charge is 2.24. The van der Waals surface area contributed by atoms with Crippen LogP contribution in [0.15, 0.2) is 12.1 Å². The Bertz CT molecular complexity index is 393. The summed E-state index contributed by atoms with van der Waals surface area (Å²) in [4.78, 5) is 22.3. The quantitative estimate of drug-likeness (QED) is 0.673. The molecule has 2 amide bonds. The summed E-state index contributed by atoms with van der Waals surface area (Å²) in [5.74, 6) is -0.974. The largest absolute Gasteiger partial charge is 0.288 e. The molecule has 13 heavy (non-hydrogen) atoms. The second kappa shape index (κ2) is 2.72. The molecular weight excluding hydrogens is 213 g/mol. The molecule has 3 nitrogen and oxygen atoms in total. The lowest BCUT2D eigenvalue weighted by Crippen LogP contribution is -2.34. The lowest BCUT2D eigenvalue weighted by atomic mass is 10.1. The highest BCUT2D eigenvalue weighted by Crippen LogP contribution is 2.27. The number of hydrogen-bond donors (Lipinski definition) is 1. The predicted octanol–water partition coefficient (Wildman–Crippen LogP) is 1.88. The molecule has 1 aromatic rings. The number of benzene rings is 1. The Labute approximate surface area is 83.6 Å². The molecule has 0 atom stereocenters. The number of hydrogen-bond acceptors (Lipinski definition) is 2. The molecule has 1 aliphatic rings. The van der Waals surface area contributed by atoms with E-state index in [4.69, 9.17) is 23.2 Å². The summed E-state index contributed by atoms with van der Waals surface area (Å²) in [5.41, 5.74) is 0.557. The number of carbonyl (C=O) groups is 2. The van der Waals surface area contributed by atoms with Crippen LogP contribution in [0.25, 0.3) is 0 Å². The molecule has 5 heteroatoms.